The topological polar surface area (TPSA) is 97.4 Å². The average Bonchev–Trinajstić information content (AvgIpc) is 2.97. The van der Waals surface area contributed by atoms with E-state index in [4.69, 9.17) is 14.2 Å². The number of rotatable bonds is 12. The number of hydrogen-bond acceptors (Lipinski definition) is 7. The van der Waals surface area contributed by atoms with Crippen molar-refractivity contribution in [3.8, 4) is 11.1 Å². The number of benzene rings is 2. The van der Waals surface area contributed by atoms with Crippen LogP contribution in [0.1, 0.15) is 106 Å². The minimum Gasteiger partial charge on any atom is -0.446 e. The van der Waals surface area contributed by atoms with E-state index in [9.17, 15) is 14.4 Å². The summed E-state index contributed by atoms with van der Waals surface area (Å²) in [5, 5.41) is 2.93. The molecule has 0 radical (unpaired) electrons. The maximum absolute atomic E-state index is 13.6. The Kier molecular flexibility index (Phi) is 13.9. The average molecular weight is 638 g/mol. The largest absolute Gasteiger partial charge is 0.446 e. The third kappa shape index (κ3) is 12.3. The smallest absolute Gasteiger partial charge is 0.421 e. The molecule has 254 valence electrons. The minimum atomic E-state index is -0.782. The van der Waals surface area contributed by atoms with Gasteiger partial charge >= 0.3 is 18.3 Å². The summed E-state index contributed by atoms with van der Waals surface area (Å²) in [5.41, 5.74) is 1.03. The van der Waals surface area contributed by atoms with Gasteiger partial charge in [0.05, 0.1) is 11.9 Å². The summed E-state index contributed by atoms with van der Waals surface area (Å²) < 4.78 is 17.3. The van der Waals surface area contributed by atoms with E-state index < -0.39 is 35.6 Å². The molecule has 9 nitrogen and oxygen atoms in total. The summed E-state index contributed by atoms with van der Waals surface area (Å²) in [6, 6.07) is 17.5. The molecule has 2 aromatic rings. The fourth-order valence-corrected chi connectivity index (χ4v) is 5.57. The summed E-state index contributed by atoms with van der Waals surface area (Å²) in [5.74, 6) is 0. The summed E-state index contributed by atoms with van der Waals surface area (Å²) in [6.45, 7) is 14.0. The predicted molar refractivity (Wildman–Crippen MR) is 183 cm³/mol. The number of anilines is 1. The molecule has 1 heterocycles. The number of amides is 3. The van der Waals surface area contributed by atoms with Crippen LogP contribution < -0.4 is 5.32 Å². The van der Waals surface area contributed by atoms with Crippen LogP contribution in [0.15, 0.2) is 54.6 Å². The summed E-state index contributed by atoms with van der Waals surface area (Å²) in [7, 11) is 0. The molecule has 0 aromatic heterocycles. The van der Waals surface area contributed by atoms with Crippen LogP contribution in [0.3, 0.4) is 0 Å². The van der Waals surface area contributed by atoms with E-state index in [0.717, 1.165) is 35.3 Å². The molecule has 1 aliphatic rings. The van der Waals surface area contributed by atoms with Gasteiger partial charge in [-0.15, -0.1) is 0 Å². The normalized spacial score (nSPS) is 15.1. The van der Waals surface area contributed by atoms with E-state index in [1.807, 2.05) is 54.6 Å². The molecule has 9 heteroatoms. The van der Waals surface area contributed by atoms with Crippen LogP contribution >= 0.6 is 0 Å². The molecule has 2 aromatic carbocycles. The molecule has 1 saturated heterocycles. The number of nitrogens with zero attached hydrogens (tertiary/aromatic N) is 2. The van der Waals surface area contributed by atoms with Crippen LogP contribution in [-0.2, 0) is 14.2 Å². The second kappa shape index (κ2) is 17.4. The highest BCUT2D eigenvalue weighted by molar-refractivity contribution is 5.91. The fraction of sp³-hybridized carbons (Fsp3) is 0.595. The van der Waals surface area contributed by atoms with E-state index in [0.29, 0.717) is 38.0 Å². The Hall–Kier alpha value is -3.59. The number of carbonyl (C=O) groups excluding carboxylic acids is 3. The molecule has 1 unspecified atom stereocenters. The lowest BCUT2D eigenvalue weighted by atomic mass is 10.0. The molecule has 3 amide bonds. The van der Waals surface area contributed by atoms with Gasteiger partial charge in [0, 0.05) is 18.7 Å². The first-order valence-electron chi connectivity index (χ1n) is 16.9. The van der Waals surface area contributed by atoms with Gasteiger partial charge in [0.25, 0.3) is 0 Å². The molecule has 1 aliphatic heterocycles. The van der Waals surface area contributed by atoms with E-state index >= 15 is 0 Å². The Labute approximate surface area is 276 Å². The maximum Gasteiger partial charge on any atom is 0.421 e. The Morgan fingerprint density at radius 1 is 0.804 bits per heavy atom. The van der Waals surface area contributed by atoms with Crippen molar-refractivity contribution in [1.29, 1.82) is 0 Å². The van der Waals surface area contributed by atoms with Gasteiger partial charge < -0.3 is 14.2 Å². The highest BCUT2D eigenvalue weighted by atomic mass is 16.6. The van der Waals surface area contributed by atoms with Crippen molar-refractivity contribution in [3.63, 3.8) is 0 Å². The van der Waals surface area contributed by atoms with Crippen molar-refractivity contribution >= 4 is 24.0 Å². The quantitative estimate of drug-likeness (QED) is 0.183. The van der Waals surface area contributed by atoms with Gasteiger partial charge in [0.15, 0.2) is 0 Å². The Balaban J connectivity index is 1.71. The lowest BCUT2D eigenvalue weighted by Crippen LogP contribution is -2.57. The van der Waals surface area contributed by atoms with Crippen LogP contribution in [0.2, 0.25) is 0 Å². The highest BCUT2D eigenvalue weighted by Gasteiger charge is 2.40. The van der Waals surface area contributed by atoms with Crippen molar-refractivity contribution in [2.24, 2.45) is 0 Å². The first-order valence-corrected chi connectivity index (χ1v) is 16.9. The second-order valence-electron chi connectivity index (χ2n) is 14.0. The minimum absolute atomic E-state index is 0.300. The number of ether oxygens (including phenoxy) is 3. The van der Waals surface area contributed by atoms with Gasteiger partial charge in [-0.2, -0.15) is 4.90 Å². The number of piperidine rings is 1. The maximum atomic E-state index is 13.6. The van der Waals surface area contributed by atoms with Crippen molar-refractivity contribution in [1.82, 2.24) is 9.80 Å². The third-order valence-corrected chi connectivity index (χ3v) is 7.71. The van der Waals surface area contributed by atoms with E-state index in [-0.39, 0.29) is 6.10 Å². The summed E-state index contributed by atoms with van der Waals surface area (Å²) in [6.07, 6.45) is 5.48. The number of nitrogens with one attached hydrogen (secondary N) is 1. The van der Waals surface area contributed by atoms with E-state index in [2.05, 4.69) is 17.1 Å². The van der Waals surface area contributed by atoms with Gasteiger partial charge in [-0.05, 0) is 72.4 Å². The zero-order valence-electron chi connectivity index (χ0n) is 29.0. The molecule has 46 heavy (non-hydrogen) atoms. The van der Waals surface area contributed by atoms with Crippen molar-refractivity contribution < 1.29 is 28.6 Å². The summed E-state index contributed by atoms with van der Waals surface area (Å²) >= 11 is 0. The lowest BCUT2D eigenvalue weighted by Gasteiger charge is -2.42. The second-order valence-corrected chi connectivity index (χ2v) is 14.0. The number of hydrogen-bond donors (Lipinski definition) is 1. The molecule has 3 rings (SSSR count). The fourth-order valence-electron chi connectivity index (χ4n) is 5.57. The molecular formula is C37H55N3O6. The number of para-hydroxylation sites is 1. The zero-order valence-corrected chi connectivity index (χ0v) is 29.0. The van der Waals surface area contributed by atoms with Crippen molar-refractivity contribution in [2.75, 3.05) is 18.4 Å². The highest BCUT2D eigenvalue weighted by Crippen LogP contribution is 2.29. The molecule has 0 spiro atoms. The number of carbonyl (C=O) groups is 3. The first-order chi connectivity index (χ1) is 21.8. The molecule has 1 fully saturated rings. The van der Waals surface area contributed by atoms with Gasteiger partial charge in [-0.3, -0.25) is 10.2 Å². The molecule has 0 bridgehead atoms. The Morgan fingerprint density at radius 3 is 1.93 bits per heavy atom. The van der Waals surface area contributed by atoms with Crippen LogP contribution in [-0.4, -0.2) is 64.6 Å². The Bertz CT molecular complexity index is 1220. The standard InChI is InChI=1S/C37H55N3O6/c1-8-9-10-11-12-16-23-32(40(34(42)45-36(2,3)4)35(43)46-37(5,6)7)39-26-24-29(25-27-39)44-33(41)38-31-22-18-17-21-30(31)28-19-14-13-15-20-28/h13-15,17-22,29,32H,8-12,16,23-27H2,1-7H3,(H,38,41). The predicted octanol–water partition coefficient (Wildman–Crippen LogP) is 9.62. The van der Waals surface area contributed by atoms with Gasteiger partial charge in [-0.25, -0.2) is 14.4 Å². The van der Waals surface area contributed by atoms with Crippen LogP contribution in [0.25, 0.3) is 11.1 Å². The number of likely N-dealkylation sites (tertiary alicyclic amines) is 1. The van der Waals surface area contributed by atoms with Gasteiger partial charge in [0.1, 0.15) is 17.3 Å². The zero-order chi connectivity index (χ0) is 33.7. The Morgan fingerprint density at radius 2 is 1.35 bits per heavy atom. The van der Waals surface area contributed by atoms with Crippen molar-refractivity contribution in [2.45, 2.75) is 130 Å². The molecule has 0 saturated carbocycles. The molecule has 1 N–H and O–H groups in total. The van der Waals surface area contributed by atoms with Crippen LogP contribution in [0, 0.1) is 0 Å². The first kappa shape index (κ1) is 36.9. The van der Waals surface area contributed by atoms with E-state index in [1.165, 1.54) is 19.3 Å². The van der Waals surface area contributed by atoms with Gasteiger partial charge in [0.2, 0.25) is 0 Å². The summed E-state index contributed by atoms with van der Waals surface area (Å²) in [4.78, 5) is 43.4. The number of imide groups is 1. The molecule has 1 atom stereocenters. The van der Waals surface area contributed by atoms with Crippen LogP contribution in [0.4, 0.5) is 20.1 Å². The lowest BCUT2D eigenvalue weighted by molar-refractivity contribution is -0.0430. The van der Waals surface area contributed by atoms with Crippen LogP contribution in [0.5, 0.6) is 0 Å². The van der Waals surface area contributed by atoms with E-state index in [1.54, 1.807) is 41.5 Å². The molecular weight excluding hydrogens is 582 g/mol. The third-order valence-electron chi connectivity index (χ3n) is 7.71. The SMILES string of the molecule is CCCCCCCCC(N1CCC(OC(=O)Nc2ccccc2-c2ccccc2)CC1)N(C(=O)OC(C)(C)C)C(=O)OC(C)(C)C. The monoisotopic (exact) mass is 637 g/mol. The van der Waals surface area contributed by atoms with Crippen molar-refractivity contribution in [3.05, 3.63) is 54.6 Å². The molecule has 0 aliphatic carbocycles. The number of unbranched alkanes of at least 4 members (excludes halogenated alkanes) is 5. The van der Waals surface area contributed by atoms with Gasteiger partial charge in [-0.1, -0.05) is 94.0 Å².